The minimum Gasteiger partial charge on any atom is -0.457 e. The molecule has 0 aliphatic carbocycles. The fourth-order valence-corrected chi connectivity index (χ4v) is 3.55. The van der Waals surface area contributed by atoms with Crippen molar-refractivity contribution in [2.75, 3.05) is 0 Å². The third-order valence-electron chi connectivity index (χ3n) is 4.74. The number of esters is 1. The number of carbonyl (C=O) groups excluding carboxylic acids is 1. The molecule has 0 spiro atoms. The Kier molecular flexibility index (Phi) is 4.80. The molecule has 1 heterocycles. The summed E-state index contributed by atoms with van der Waals surface area (Å²) in [5, 5.41) is 0. The van der Waals surface area contributed by atoms with Crippen molar-refractivity contribution < 1.29 is 9.53 Å². The maximum atomic E-state index is 12.0. The second-order valence-electron chi connectivity index (χ2n) is 6.38. The van der Waals surface area contributed by atoms with Crippen molar-refractivity contribution in [2.45, 2.75) is 51.6 Å². The van der Waals surface area contributed by atoms with Crippen LogP contribution in [0.1, 0.15) is 60.5 Å². The highest BCUT2D eigenvalue weighted by molar-refractivity contribution is 5.74. The van der Waals surface area contributed by atoms with E-state index < -0.39 is 0 Å². The van der Waals surface area contributed by atoms with Gasteiger partial charge in [-0.2, -0.15) is 0 Å². The molecule has 1 aliphatic heterocycles. The molecule has 0 amide bonds. The molecule has 23 heavy (non-hydrogen) atoms. The van der Waals surface area contributed by atoms with Crippen LogP contribution in [0.25, 0.3) is 0 Å². The van der Waals surface area contributed by atoms with E-state index in [1.165, 1.54) is 28.7 Å². The number of aryl methyl sites for hydroxylation is 2. The van der Waals surface area contributed by atoms with E-state index in [1.807, 2.05) is 18.2 Å². The second-order valence-corrected chi connectivity index (χ2v) is 6.38. The minimum atomic E-state index is -0.155. The van der Waals surface area contributed by atoms with Crippen molar-refractivity contribution in [3.8, 4) is 0 Å². The van der Waals surface area contributed by atoms with Gasteiger partial charge >= 0.3 is 5.97 Å². The van der Waals surface area contributed by atoms with E-state index >= 15 is 0 Å². The Morgan fingerprint density at radius 1 is 1.09 bits per heavy atom. The van der Waals surface area contributed by atoms with Crippen LogP contribution in [0.2, 0.25) is 0 Å². The molecule has 2 nitrogen and oxygen atoms in total. The smallest absolute Gasteiger partial charge is 0.307 e. The SMILES string of the molecule is CCCCc1cccc(C)c1[C@H]1OC(=O)C[C@@H]1c1ccccc1. The highest BCUT2D eigenvalue weighted by atomic mass is 16.5. The topological polar surface area (TPSA) is 26.3 Å². The van der Waals surface area contributed by atoms with Crippen LogP contribution in [0.15, 0.2) is 48.5 Å². The van der Waals surface area contributed by atoms with Gasteiger partial charge in [-0.3, -0.25) is 4.79 Å². The van der Waals surface area contributed by atoms with Gasteiger partial charge in [0.1, 0.15) is 6.10 Å². The number of unbranched alkanes of at least 4 members (excludes halogenated alkanes) is 1. The number of cyclic esters (lactones) is 1. The Morgan fingerprint density at radius 3 is 2.61 bits per heavy atom. The standard InChI is InChI=1S/C21H24O2/c1-3-4-10-17-13-8-9-15(2)20(17)21-18(14-19(22)23-21)16-11-6-5-7-12-16/h5-9,11-13,18,21H,3-4,10,14H2,1-2H3/t18-,21+/m1/s1. The van der Waals surface area contributed by atoms with Crippen LogP contribution in [0.4, 0.5) is 0 Å². The van der Waals surface area contributed by atoms with Gasteiger partial charge in [0, 0.05) is 5.92 Å². The zero-order chi connectivity index (χ0) is 16.2. The summed E-state index contributed by atoms with van der Waals surface area (Å²) in [4.78, 5) is 12.0. The first kappa shape index (κ1) is 15.8. The zero-order valence-corrected chi connectivity index (χ0v) is 13.9. The number of carbonyl (C=O) groups is 1. The Labute approximate surface area is 138 Å². The highest BCUT2D eigenvalue weighted by Gasteiger charge is 2.38. The monoisotopic (exact) mass is 308 g/mol. The minimum absolute atomic E-state index is 0.0893. The first-order chi connectivity index (χ1) is 11.2. The Bertz CT molecular complexity index is 675. The molecule has 1 aliphatic rings. The van der Waals surface area contributed by atoms with E-state index in [-0.39, 0.29) is 18.0 Å². The summed E-state index contributed by atoms with van der Waals surface area (Å²) in [6.45, 7) is 4.33. The summed E-state index contributed by atoms with van der Waals surface area (Å²) in [6, 6.07) is 16.7. The predicted octanol–water partition coefficient (Wildman–Crippen LogP) is 5.11. The van der Waals surface area contributed by atoms with E-state index in [4.69, 9.17) is 4.74 Å². The lowest BCUT2D eigenvalue weighted by molar-refractivity contribution is -0.141. The van der Waals surface area contributed by atoms with Crippen LogP contribution in [0, 0.1) is 6.92 Å². The maximum absolute atomic E-state index is 12.0. The fraction of sp³-hybridized carbons (Fsp3) is 0.381. The lowest BCUT2D eigenvalue weighted by atomic mass is 9.84. The zero-order valence-electron chi connectivity index (χ0n) is 13.9. The van der Waals surface area contributed by atoms with Crippen molar-refractivity contribution in [1.29, 1.82) is 0 Å². The molecule has 2 aromatic rings. The van der Waals surface area contributed by atoms with E-state index in [2.05, 4.69) is 44.2 Å². The van der Waals surface area contributed by atoms with Crippen LogP contribution in [-0.2, 0) is 16.0 Å². The number of benzene rings is 2. The lowest BCUT2D eigenvalue weighted by Crippen LogP contribution is -2.11. The molecular formula is C21H24O2. The Morgan fingerprint density at radius 2 is 1.87 bits per heavy atom. The van der Waals surface area contributed by atoms with Gasteiger partial charge in [0.15, 0.2) is 0 Å². The average Bonchev–Trinajstić information content (AvgIpc) is 2.95. The van der Waals surface area contributed by atoms with Crippen LogP contribution in [0.3, 0.4) is 0 Å². The van der Waals surface area contributed by atoms with Crippen molar-refractivity contribution in [3.63, 3.8) is 0 Å². The van der Waals surface area contributed by atoms with Crippen LogP contribution >= 0.6 is 0 Å². The van der Waals surface area contributed by atoms with Gasteiger partial charge in [-0.15, -0.1) is 0 Å². The number of ether oxygens (including phenoxy) is 1. The molecule has 0 N–H and O–H groups in total. The first-order valence-corrected chi connectivity index (χ1v) is 8.53. The molecule has 1 saturated heterocycles. The van der Waals surface area contributed by atoms with Crippen LogP contribution < -0.4 is 0 Å². The van der Waals surface area contributed by atoms with Crippen molar-refractivity contribution in [3.05, 3.63) is 70.8 Å². The first-order valence-electron chi connectivity index (χ1n) is 8.53. The average molecular weight is 308 g/mol. The summed E-state index contributed by atoms with van der Waals surface area (Å²) < 4.78 is 5.78. The molecule has 0 unspecified atom stereocenters. The van der Waals surface area contributed by atoms with Gasteiger partial charge in [-0.1, -0.05) is 61.9 Å². The molecule has 3 rings (SSSR count). The van der Waals surface area contributed by atoms with Crippen molar-refractivity contribution >= 4 is 5.97 Å². The van der Waals surface area contributed by atoms with Gasteiger partial charge in [0.25, 0.3) is 0 Å². The van der Waals surface area contributed by atoms with Crippen molar-refractivity contribution in [1.82, 2.24) is 0 Å². The molecule has 2 atom stereocenters. The molecule has 120 valence electrons. The van der Waals surface area contributed by atoms with Gasteiger partial charge in [-0.25, -0.2) is 0 Å². The van der Waals surface area contributed by atoms with Crippen molar-refractivity contribution in [2.24, 2.45) is 0 Å². The summed E-state index contributed by atoms with van der Waals surface area (Å²) in [5.41, 5.74) is 4.96. The predicted molar refractivity (Wildman–Crippen MR) is 92.4 cm³/mol. The van der Waals surface area contributed by atoms with Gasteiger partial charge in [0.05, 0.1) is 6.42 Å². The Balaban J connectivity index is 2.00. The quantitative estimate of drug-likeness (QED) is 0.717. The largest absolute Gasteiger partial charge is 0.457 e. The molecule has 2 aromatic carbocycles. The second kappa shape index (κ2) is 6.99. The van der Waals surface area contributed by atoms with Gasteiger partial charge in [-0.05, 0) is 42.0 Å². The van der Waals surface area contributed by atoms with Gasteiger partial charge in [0.2, 0.25) is 0 Å². The summed E-state index contributed by atoms with van der Waals surface area (Å²) in [7, 11) is 0. The van der Waals surface area contributed by atoms with E-state index in [1.54, 1.807) is 0 Å². The molecular weight excluding hydrogens is 284 g/mol. The Hall–Kier alpha value is -2.09. The lowest BCUT2D eigenvalue weighted by Gasteiger charge is -2.23. The molecule has 0 bridgehead atoms. The number of hydrogen-bond donors (Lipinski definition) is 0. The summed E-state index contributed by atoms with van der Waals surface area (Å²) in [6.07, 6.45) is 3.68. The van der Waals surface area contributed by atoms with Crippen LogP contribution in [0.5, 0.6) is 0 Å². The van der Waals surface area contributed by atoms with E-state index in [0.29, 0.717) is 6.42 Å². The number of rotatable bonds is 5. The van der Waals surface area contributed by atoms with E-state index in [9.17, 15) is 4.79 Å². The summed E-state index contributed by atoms with van der Waals surface area (Å²) in [5.74, 6) is 0.0266. The molecule has 2 heteroatoms. The maximum Gasteiger partial charge on any atom is 0.307 e. The van der Waals surface area contributed by atoms with Gasteiger partial charge < -0.3 is 4.74 Å². The molecule has 0 radical (unpaired) electrons. The molecule has 0 saturated carbocycles. The third kappa shape index (κ3) is 3.31. The van der Waals surface area contributed by atoms with Crippen LogP contribution in [-0.4, -0.2) is 5.97 Å². The molecule has 0 aromatic heterocycles. The normalized spacial score (nSPS) is 20.5. The third-order valence-corrected chi connectivity index (χ3v) is 4.74. The number of hydrogen-bond acceptors (Lipinski definition) is 2. The summed E-state index contributed by atoms with van der Waals surface area (Å²) >= 11 is 0. The van der Waals surface area contributed by atoms with E-state index in [0.717, 1.165) is 12.8 Å². The fourth-order valence-electron chi connectivity index (χ4n) is 3.55. The molecule has 1 fully saturated rings. The highest BCUT2D eigenvalue weighted by Crippen LogP contribution is 2.44.